The number of nitrogen functional groups attached to an aromatic ring is 1. The molecule has 1 aliphatic rings. The molecule has 2 rings (SSSR count). The van der Waals surface area contributed by atoms with E-state index in [0.717, 1.165) is 39.0 Å². The lowest BCUT2D eigenvalue weighted by atomic mass is 10.1. The van der Waals surface area contributed by atoms with Crippen molar-refractivity contribution in [3.05, 3.63) is 17.8 Å². The van der Waals surface area contributed by atoms with Crippen molar-refractivity contribution in [3.8, 4) is 0 Å². The molecule has 0 atom stereocenters. The minimum Gasteiger partial charge on any atom is -0.383 e. The molecule has 3 N–H and O–H groups in total. The monoisotopic (exact) mass is 292 g/mol. The van der Waals surface area contributed by atoms with Gasteiger partial charge < -0.3 is 16.0 Å². The zero-order valence-electron chi connectivity index (χ0n) is 10.7. The molecule has 0 bridgehead atoms. The quantitative estimate of drug-likeness (QED) is 0.893. The molecule has 6 heteroatoms. The maximum Gasteiger partial charge on any atom is 0.128 e. The van der Waals surface area contributed by atoms with Crippen LogP contribution in [0.5, 0.6) is 0 Å². The fraction of sp³-hybridized carbons (Fsp3) is 0.583. The van der Waals surface area contributed by atoms with Crippen molar-refractivity contribution in [2.24, 2.45) is 0 Å². The number of hydrogen-bond acceptors (Lipinski definition) is 4. The van der Waals surface area contributed by atoms with Crippen molar-refractivity contribution in [2.45, 2.75) is 19.8 Å². The van der Waals surface area contributed by atoms with Crippen molar-refractivity contribution < 1.29 is 0 Å². The van der Waals surface area contributed by atoms with Crippen LogP contribution in [0.25, 0.3) is 0 Å². The zero-order valence-corrected chi connectivity index (χ0v) is 12.3. The lowest BCUT2D eigenvalue weighted by molar-refractivity contribution is 0.587. The molecule has 1 saturated heterocycles. The topological polar surface area (TPSA) is 54.2 Å². The van der Waals surface area contributed by atoms with E-state index in [2.05, 4.69) is 28.2 Å². The Morgan fingerprint density at radius 1 is 1.33 bits per heavy atom. The molecule has 1 fully saturated rings. The fourth-order valence-corrected chi connectivity index (χ4v) is 2.21. The van der Waals surface area contributed by atoms with E-state index in [9.17, 15) is 0 Å². The Bertz CT molecular complexity index is 354. The Morgan fingerprint density at radius 3 is 2.61 bits per heavy atom. The maximum atomic E-state index is 5.96. The molecule has 4 nitrogen and oxygen atoms in total. The predicted octanol–water partition coefficient (Wildman–Crippen LogP) is 1.87. The van der Waals surface area contributed by atoms with Crippen molar-refractivity contribution in [3.63, 3.8) is 0 Å². The molecule has 0 aliphatic carbocycles. The molecule has 0 radical (unpaired) electrons. The Kier molecular flexibility index (Phi) is 8.07. The Morgan fingerprint density at radius 2 is 2.00 bits per heavy atom. The first-order chi connectivity index (χ1) is 7.83. The normalized spacial score (nSPS) is 14.6. The van der Waals surface area contributed by atoms with E-state index < -0.39 is 0 Å². The van der Waals surface area contributed by atoms with Crippen LogP contribution in [0.1, 0.15) is 18.9 Å². The van der Waals surface area contributed by atoms with Gasteiger partial charge in [0.25, 0.3) is 0 Å². The number of nitrogens with one attached hydrogen (secondary N) is 1. The van der Waals surface area contributed by atoms with Crippen LogP contribution in [0, 0.1) is 0 Å². The third-order valence-electron chi connectivity index (χ3n) is 3.02. The summed E-state index contributed by atoms with van der Waals surface area (Å²) in [5, 5.41) is 3.36. The predicted molar refractivity (Wildman–Crippen MR) is 82.2 cm³/mol. The first-order valence-electron chi connectivity index (χ1n) is 6.02. The molecular weight excluding hydrogens is 271 g/mol. The second kappa shape index (κ2) is 8.40. The van der Waals surface area contributed by atoms with Gasteiger partial charge in [0.05, 0.1) is 0 Å². The van der Waals surface area contributed by atoms with Crippen LogP contribution < -0.4 is 16.0 Å². The van der Waals surface area contributed by atoms with Gasteiger partial charge in [0.15, 0.2) is 0 Å². The summed E-state index contributed by atoms with van der Waals surface area (Å²) < 4.78 is 0. The van der Waals surface area contributed by atoms with Gasteiger partial charge in [-0.2, -0.15) is 0 Å². The van der Waals surface area contributed by atoms with Gasteiger partial charge in [0, 0.05) is 43.6 Å². The summed E-state index contributed by atoms with van der Waals surface area (Å²) in [6.07, 6.45) is 3.93. The van der Waals surface area contributed by atoms with Crippen LogP contribution in [0.15, 0.2) is 12.3 Å². The molecule has 18 heavy (non-hydrogen) atoms. The molecule has 0 aromatic carbocycles. The van der Waals surface area contributed by atoms with Crippen LogP contribution in [0.2, 0.25) is 0 Å². The standard InChI is InChI=1S/C12H20N4.2ClH/c1-2-3-10-11(4-5-15-12(10)13)16-8-6-14-7-9-16;;/h4-5,14H,2-3,6-9H2,1H3,(H2,13,15);2*1H. The van der Waals surface area contributed by atoms with Crippen LogP contribution in [-0.4, -0.2) is 31.2 Å². The molecule has 0 unspecified atom stereocenters. The highest BCUT2D eigenvalue weighted by molar-refractivity contribution is 5.85. The fourth-order valence-electron chi connectivity index (χ4n) is 2.21. The minimum absolute atomic E-state index is 0. The smallest absolute Gasteiger partial charge is 0.128 e. The van der Waals surface area contributed by atoms with E-state index >= 15 is 0 Å². The molecule has 1 aromatic heterocycles. The lowest BCUT2D eigenvalue weighted by Crippen LogP contribution is -2.44. The number of halogens is 2. The number of nitrogens with zero attached hydrogens (tertiary/aromatic N) is 2. The summed E-state index contributed by atoms with van der Waals surface area (Å²) in [7, 11) is 0. The molecule has 0 amide bonds. The molecule has 2 heterocycles. The highest BCUT2D eigenvalue weighted by Gasteiger charge is 2.15. The number of pyridine rings is 1. The maximum absolute atomic E-state index is 5.96. The van der Waals surface area contributed by atoms with Crippen molar-refractivity contribution in [1.29, 1.82) is 0 Å². The van der Waals surface area contributed by atoms with Crippen LogP contribution in [0.3, 0.4) is 0 Å². The van der Waals surface area contributed by atoms with E-state index in [1.807, 2.05) is 6.20 Å². The van der Waals surface area contributed by atoms with E-state index in [4.69, 9.17) is 5.73 Å². The second-order valence-corrected chi connectivity index (χ2v) is 4.18. The number of anilines is 2. The van der Waals surface area contributed by atoms with E-state index in [1.165, 1.54) is 11.3 Å². The third-order valence-corrected chi connectivity index (χ3v) is 3.02. The van der Waals surface area contributed by atoms with Crippen molar-refractivity contribution in [1.82, 2.24) is 10.3 Å². The van der Waals surface area contributed by atoms with Crippen LogP contribution in [-0.2, 0) is 6.42 Å². The van der Waals surface area contributed by atoms with Crippen LogP contribution >= 0.6 is 24.8 Å². The molecule has 1 aromatic rings. The lowest BCUT2D eigenvalue weighted by Gasteiger charge is -2.31. The molecule has 104 valence electrons. The van der Waals surface area contributed by atoms with Crippen molar-refractivity contribution in [2.75, 3.05) is 36.8 Å². The van der Waals surface area contributed by atoms with Gasteiger partial charge in [-0.25, -0.2) is 4.98 Å². The average Bonchev–Trinajstić information content (AvgIpc) is 2.33. The van der Waals surface area contributed by atoms with Crippen LogP contribution in [0.4, 0.5) is 11.5 Å². The zero-order chi connectivity index (χ0) is 11.4. The number of piperazine rings is 1. The Hall–Kier alpha value is -0.710. The number of rotatable bonds is 3. The Labute approximate surface area is 121 Å². The van der Waals surface area contributed by atoms with Gasteiger partial charge in [0.1, 0.15) is 5.82 Å². The highest BCUT2D eigenvalue weighted by Crippen LogP contribution is 2.25. The van der Waals surface area contributed by atoms with Gasteiger partial charge in [-0.3, -0.25) is 0 Å². The molecule has 1 aliphatic heterocycles. The molecule has 0 saturated carbocycles. The summed E-state index contributed by atoms with van der Waals surface area (Å²) in [5.41, 5.74) is 8.45. The van der Waals surface area contributed by atoms with Gasteiger partial charge in [-0.05, 0) is 12.5 Å². The SMILES string of the molecule is CCCc1c(N2CCNCC2)ccnc1N.Cl.Cl. The first-order valence-corrected chi connectivity index (χ1v) is 6.02. The summed E-state index contributed by atoms with van der Waals surface area (Å²) in [6.45, 7) is 6.38. The largest absolute Gasteiger partial charge is 0.383 e. The second-order valence-electron chi connectivity index (χ2n) is 4.18. The Balaban J connectivity index is 0.00000144. The van der Waals surface area contributed by atoms with Gasteiger partial charge in [-0.1, -0.05) is 13.3 Å². The molecular formula is C12H22Cl2N4. The highest BCUT2D eigenvalue weighted by atomic mass is 35.5. The van der Waals surface area contributed by atoms with Gasteiger partial charge in [-0.15, -0.1) is 24.8 Å². The summed E-state index contributed by atoms with van der Waals surface area (Å²) in [6, 6.07) is 2.09. The summed E-state index contributed by atoms with van der Waals surface area (Å²) in [5.74, 6) is 0.692. The average molecular weight is 293 g/mol. The van der Waals surface area contributed by atoms with Gasteiger partial charge in [0.2, 0.25) is 0 Å². The van der Waals surface area contributed by atoms with E-state index in [0.29, 0.717) is 5.82 Å². The first kappa shape index (κ1) is 17.3. The summed E-state index contributed by atoms with van der Waals surface area (Å²) >= 11 is 0. The number of aromatic nitrogens is 1. The minimum atomic E-state index is 0. The summed E-state index contributed by atoms with van der Waals surface area (Å²) in [4.78, 5) is 6.59. The molecule has 0 spiro atoms. The van der Waals surface area contributed by atoms with E-state index in [1.54, 1.807) is 0 Å². The van der Waals surface area contributed by atoms with Gasteiger partial charge >= 0.3 is 0 Å². The van der Waals surface area contributed by atoms with Crippen molar-refractivity contribution >= 4 is 36.3 Å². The number of hydrogen-bond donors (Lipinski definition) is 2. The number of nitrogens with two attached hydrogens (primary N) is 1. The van der Waals surface area contributed by atoms with E-state index in [-0.39, 0.29) is 24.8 Å². The third kappa shape index (κ3) is 3.90.